The van der Waals surface area contributed by atoms with Gasteiger partial charge in [-0.2, -0.15) is 0 Å². The van der Waals surface area contributed by atoms with E-state index in [0.29, 0.717) is 37.7 Å². The fourth-order valence-corrected chi connectivity index (χ4v) is 3.27. The molecule has 1 aromatic carbocycles. The Morgan fingerprint density at radius 1 is 1.19 bits per heavy atom. The molecule has 142 valence electrons. The third-order valence-electron chi connectivity index (χ3n) is 4.82. The Labute approximate surface area is 159 Å². The van der Waals surface area contributed by atoms with Gasteiger partial charge in [0, 0.05) is 37.9 Å². The van der Waals surface area contributed by atoms with Gasteiger partial charge in [-0.1, -0.05) is 25.1 Å². The summed E-state index contributed by atoms with van der Waals surface area (Å²) in [5, 5.41) is 3.02. The highest BCUT2D eigenvalue weighted by Crippen LogP contribution is 2.22. The van der Waals surface area contributed by atoms with Crippen molar-refractivity contribution in [3.8, 4) is 0 Å². The van der Waals surface area contributed by atoms with E-state index < -0.39 is 0 Å². The van der Waals surface area contributed by atoms with Crippen LogP contribution >= 0.6 is 0 Å². The maximum atomic E-state index is 12.8. The Bertz CT molecular complexity index is 844. The highest BCUT2D eigenvalue weighted by Gasteiger charge is 2.20. The molecule has 1 aliphatic rings. The summed E-state index contributed by atoms with van der Waals surface area (Å²) >= 11 is 0. The first kappa shape index (κ1) is 18.8. The van der Waals surface area contributed by atoms with Gasteiger partial charge >= 0.3 is 0 Å². The van der Waals surface area contributed by atoms with Crippen LogP contribution in [-0.2, 0) is 11.2 Å². The average Bonchev–Trinajstić information content (AvgIpc) is 2.69. The van der Waals surface area contributed by atoms with E-state index in [1.165, 1.54) is 0 Å². The molecule has 1 aliphatic heterocycles. The molecule has 27 heavy (non-hydrogen) atoms. The summed E-state index contributed by atoms with van der Waals surface area (Å²) in [4.78, 5) is 36.3. The second kappa shape index (κ2) is 8.16. The Balaban J connectivity index is 1.82. The third kappa shape index (κ3) is 4.24. The van der Waals surface area contributed by atoms with Crippen LogP contribution in [0.2, 0.25) is 0 Å². The fraction of sp³-hybridized carbons (Fsp3) is 0.400. The van der Waals surface area contributed by atoms with Crippen molar-refractivity contribution >= 4 is 23.8 Å². The smallest absolute Gasteiger partial charge is 0.274 e. The number of aryl methyl sites for hydroxylation is 3. The van der Waals surface area contributed by atoms with Crippen LogP contribution < -0.4 is 10.2 Å². The molecule has 0 saturated carbocycles. The summed E-state index contributed by atoms with van der Waals surface area (Å²) in [7, 11) is 0. The number of amides is 2. The van der Waals surface area contributed by atoms with Gasteiger partial charge in [-0.3, -0.25) is 9.59 Å². The molecule has 1 aromatic heterocycles. The fourth-order valence-electron chi connectivity index (χ4n) is 3.27. The number of nitrogens with zero attached hydrogens (tertiary/aromatic N) is 4. The van der Waals surface area contributed by atoms with Crippen molar-refractivity contribution in [2.75, 3.05) is 36.4 Å². The summed E-state index contributed by atoms with van der Waals surface area (Å²) in [6.45, 7) is 8.51. The van der Waals surface area contributed by atoms with Gasteiger partial charge in [0.1, 0.15) is 17.3 Å². The number of anilines is 2. The number of rotatable bonds is 5. The number of carbonyl (C=O) groups is 2. The van der Waals surface area contributed by atoms with Crippen LogP contribution in [0.3, 0.4) is 0 Å². The summed E-state index contributed by atoms with van der Waals surface area (Å²) in [5.41, 5.74) is 3.32. The lowest BCUT2D eigenvalue weighted by Crippen LogP contribution is -2.46. The summed E-state index contributed by atoms with van der Waals surface area (Å²) in [6, 6.07) is 7.72. The molecule has 1 N–H and O–H groups in total. The molecular weight excluding hydrogens is 342 g/mol. The number of hydrogen-bond acceptors (Lipinski definition) is 5. The molecule has 0 atom stereocenters. The van der Waals surface area contributed by atoms with Gasteiger partial charge in [0.05, 0.1) is 0 Å². The lowest BCUT2D eigenvalue weighted by atomic mass is 10.1. The van der Waals surface area contributed by atoms with Gasteiger partial charge in [0.2, 0.25) is 6.41 Å². The zero-order valence-corrected chi connectivity index (χ0v) is 16.0. The number of carbonyl (C=O) groups excluding carboxylic acids is 2. The summed E-state index contributed by atoms with van der Waals surface area (Å²) < 4.78 is 0. The Morgan fingerprint density at radius 3 is 2.59 bits per heavy atom. The number of hydrogen-bond donors (Lipinski definition) is 1. The van der Waals surface area contributed by atoms with Crippen LogP contribution in [0.1, 0.15) is 34.4 Å². The van der Waals surface area contributed by atoms with Crippen molar-refractivity contribution in [1.82, 2.24) is 14.9 Å². The van der Waals surface area contributed by atoms with Crippen LogP contribution in [-0.4, -0.2) is 53.4 Å². The van der Waals surface area contributed by atoms with Crippen LogP contribution in [0.4, 0.5) is 11.5 Å². The Hall–Kier alpha value is -2.96. The molecule has 0 aliphatic carbocycles. The van der Waals surface area contributed by atoms with Crippen LogP contribution in [0.15, 0.2) is 24.3 Å². The highest BCUT2D eigenvalue weighted by atomic mass is 16.2. The molecule has 7 nitrogen and oxygen atoms in total. The van der Waals surface area contributed by atoms with E-state index in [4.69, 9.17) is 0 Å². The number of benzene rings is 1. The van der Waals surface area contributed by atoms with Crippen molar-refractivity contribution in [3.05, 3.63) is 46.9 Å². The first-order valence-corrected chi connectivity index (χ1v) is 9.21. The SMILES string of the molecule is CCc1cccc(C)c1NC(=O)c1cc(N2CCN(C=O)CC2)nc(C)n1. The van der Waals surface area contributed by atoms with Gasteiger partial charge in [-0.15, -0.1) is 0 Å². The molecule has 0 radical (unpaired) electrons. The number of nitrogens with one attached hydrogen (secondary N) is 1. The number of piperazine rings is 1. The summed E-state index contributed by atoms with van der Waals surface area (Å²) in [6.07, 6.45) is 1.71. The second-order valence-corrected chi connectivity index (χ2v) is 6.70. The Morgan fingerprint density at radius 2 is 1.93 bits per heavy atom. The van der Waals surface area contributed by atoms with Crippen molar-refractivity contribution < 1.29 is 9.59 Å². The van der Waals surface area contributed by atoms with E-state index in [-0.39, 0.29) is 5.91 Å². The maximum Gasteiger partial charge on any atom is 0.274 e. The zero-order chi connectivity index (χ0) is 19.4. The maximum absolute atomic E-state index is 12.8. The van der Waals surface area contributed by atoms with Gasteiger partial charge in [-0.05, 0) is 31.4 Å². The second-order valence-electron chi connectivity index (χ2n) is 6.70. The van der Waals surface area contributed by atoms with Crippen molar-refractivity contribution in [1.29, 1.82) is 0 Å². The minimum Gasteiger partial charge on any atom is -0.353 e. The first-order valence-electron chi connectivity index (χ1n) is 9.21. The molecule has 3 rings (SSSR count). The minimum atomic E-state index is -0.239. The van der Waals surface area contributed by atoms with Gasteiger partial charge < -0.3 is 15.1 Å². The third-order valence-corrected chi connectivity index (χ3v) is 4.82. The molecule has 2 amide bonds. The van der Waals surface area contributed by atoms with Gasteiger partial charge in [0.15, 0.2) is 0 Å². The molecule has 0 spiro atoms. The standard InChI is InChI=1S/C20H25N5O2/c1-4-16-7-5-6-14(2)19(16)23-20(27)17-12-18(22-15(3)21-17)25-10-8-24(13-26)9-11-25/h5-7,12-13H,4,8-11H2,1-3H3,(H,23,27). The highest BCUT2D eigenvalue weighted by molar-refractivity contribution is 6.04. The molecule has 0 bridgehead atoms. The molecule has 7 heteroatoms. The summed E-state index contributed by atoms with van der Waals surface area (Å²) in [5.74, 6) is 1.03. The van der Waals surface area contributed by atoms with E-state index in [1.807, 2.05) is 25.1 Å². The minimum absolute atomic E-state index is 0.239. The van der Waals surface area contributed by atoms with Gasteiger partial charge in [0.25, 0.3) is 5.91 Å². The molecule has 1 fully saturated rings. The molecule has 2 aromatic rings. The van der Waals surface area contributed by atoms with E-state index in [2.05, 4.69) is 27.1 Å². The topological polar surface area (TPSA) is 78.4 Å². The molecule has 0 unspecified atom stereocenters. The zero-order valence-electron chi connectivity index (χ0n) is 16.0. The largest absolute Gasteiger partial charge is 0.353 e. The first-order chi connectivity index (χ1) is 13.0. The van der Waals surface area contributed by atoms with E-state index in [0.717, 1.165) is 35.5 Å². The molecular formula is C20H25N5O2. The van der Waals surface area contributed by atoms with Crippen LogP contribution in [0.5, 0.6) is 0 Å². The van der Waals surface area contributed by atoms with E-state index in [9.17, 15) is 9.59 Å². The Kier molecular flexibility index (Phi) is 5.69. The van der Waals surface area contributed by atoms with E-state index in [1.54, 1.807) is 17.9 Å². The lowest BCUT2D eigenvalue weighted by Gasteiger charge is -2.33. The van der Waals surface area contributed by atoms with E-state index >= 15 is 0 Å². The number of para-hydroxylation sites is 1. The lowest BCUT2D eigenvalue weighted by molar-refractivity contribution is -0.118. The van der Waals surface area contributed by atoms with Crippen molar-refractivity contribution in [3.63, 3.8) is 0 Å². The average molecular weight is 367 g/mol. The molecule has 1 saturated heterocycles. The quantitative estimate of drug-likeness (QED) is 0.820. The predicted molar refractivity (Wildman–Crippen MR) is 105 cm³/mol. The number of aromatic nitrogens is 2. The normalized spacial score (nSPS) is 14.2. The van der Waals surface area contributed by atoms with Crippen LogP contribution in [0, 0.1) is 13.8 Å². The van der Waals surface area contributed by atoms with Crippen LogP contribution in [0.25, 0.3) is 0 Å². The van der Waals surface area contributed by atoms with Crippen molar-refractivity contribution in [2.45, 2.75) is 27.2 Å². The monoisotopic (exact) mass is 367 g/mol. The predicted octanol–water partition coefficient (Wildman–Crippen LogP) is 2.19. The van der Waals surface area contributed by atoms with Crippen molar-refractivity contribution in [2.24, 2.45) is 0 Å². The van der Waals surface area contributed by atoms with Gasteiger partial charge in [-0.25, -0.2) is 9.97 Å². The molecule has 2 heterocycles.